The Hall–Kier alpha value is -3.30. The first kappa shape index (κ1) is 27.7. The van der Waals surface area contributed by atoms with Gasteiger partial charge in [-0.3, -0.25) is 19.7 Å². The van der Waals surface area contributed by atoms with E-state index in [9.17, 15) is 9.59 Å². The summed E-state index contributed by atoms with van der Waals surface area (Å²) in [4.78, 5) is 36.2. The molecule has 3 heterocycles. The lowest BCUT2D eigenvalue weighted by molar-refractivity contribution is 0.0470. The molecule has 3 aromatic rings. The lowest BCUT2D eigenvalue weighted by Crippen LogP contribution is -2.48. The van der Waals surface area contributed by atoms with Crippen molar-refractivity contribution >= 4 is 33.6 Å². The third kappa shape index (κ3) is 8.10. The number of alkyl carbamates (subject to hydrolysis) is 1. The average Bonchev–Trinajstić information content (AvgIpc) is 2.83. The van der Waals surface area contributed by atoms with E-state index in [0.29, 0.717) is 17.9 Å². The highest BCUT2D eigenvalue weighted by atomic mass is 79.9. The van der Waals surface area contributed by atoms with E-state index in [0.717, 1.165) is 52.8 Å². The number of aromatic nitrogens is 2. The summed E-state index contributed by atoms with van der Waals surface area (Å²) in [6.45, 7) is 9.86. The van der Waals surface area contributed by atoms with Crippen molar-refractivity contribution in [1.29, 1.82) is 0 Å². The average molecular weight is 581 g/mol. The van der Waals surface area contributed by atoms with Gasteiger partial charge in [-0.15, -0.1) is 0 Å². The Bertz CT molecular complexity index is 1290. The fourth-order valence-corrected chi connectivity index (χ4v) is 4.77. The van der Waals surface area contributed by atoms with Crippen molar-refractivity contribution in [1.82, 2.24) is 20.2 Å². The fourth-order valence-electron chi connectivity index (χ4n) is 4.43. The maximum absolute atomic E-state index is 12.9. The van der Waals surface area contributed by atoms with Crippen molar-refractivity contribution in [3.8, 4) is 11.1 Å². The van der Waals surface area contributed by atoms with Crippen LogP contribution in [0.3, 0.4) is 0 Å². The maximum Gasteiger partial charge on any atom is 0.407 e. The van der Waals surface area contributed by atoms with E-state index >= 15 is 0 Å². The van der Waals surface area contributed by atoms with Gasteiger partial charge in [0.25, 0.3) is 5.91 Å². The molecular formula is C29H34BrN5O3. The van der Waals surface area contributed by atoms with Gasteiger partial charge in [0.05, 0.1) is 0 Å². The van der Waals surface area contributed by atoms with Crippen molar-refractivity contribution in [2.24, 2.45) is 0 Å². The Balaban J connectivity index is 1.53. The second-order valence-electron chi connectivity index (χ2n) is 10.6. The summed E-state index contributed by atoms with van der Waals surface area (Å²) in [6.07, 6.45) is 4.94. The minimum Gasteiger partial charge on any atom is -0.444 e. The van der Waals surface area contributed by atoms with Crippen LogP contribution in [0.1, 0.15) is 55.4 Å². The predicted octanol–water partition coefficient (Wildman–Crippen LogP) is 5.96. The minimum atomic E-state index is -0.532. The smallest absolute Gasteiger partial charge is 0.407 e. The SMILES string of the molecule is Cc1ccc(-c2cc(CN3CCCC(NC(=O)OC(C)(C)C)C3)cc(NC(=O)c3cc(Br)ccn3)c2)cn1. The first-order valence-corrected chi connectivity index (χ1v) is 13.6. The van der Waals surface area contributed by atoms with Crippen LogP contribution in [0.15, 0.2) is 59.3 Å². The number of pyridine rings is 2. The van der Waals surface area contributed by atoms with Crippen molar-refractivity contribution < 1.29 is 14.3 Å². The van der Waals surface area contributed by atoms with Crippen molar-refractivity contribution in [3.05, 3.63) is 76.3 Å². The summed E-state index contributed by atoms with van der Waals surface area (Å²) in [6, 6.07) is 13.6. The Morgan fingerprint density at radius 3 is 2.63 bits per heavy atom. The molecule has 1 aromatic carbocycles. The van der Waals surface area contributed by atoms with Crippen molar-refractivity contribution in [3.63, 3.8) is 0 Å². The summed E-state index contributed by atoms with van der Waals surface area (Å²) < 4.78 is 6.23. The number of hydrogen-bond acceptors (Lipinski definition) is 6. The number of nitrogens with zero attached hydrogens (tertiary/aromatic N) is 3. The second kappa shape index (κ2) is 12.0. The van der Waals surface area contributed by atoms with E-state index in [-0.39, 0.29) is 18.0 Å². The summed E-state index contributed by atoms with van der Waals surface area (Å²) in [5.74, 6) is -0.281. The van der Waals surface area contributed by atoms with Crippen molar-refractivity contribution in [2.75, 3.05) is 18.4 Å². The molecule has 2 N–H and O–H groups in total. The Morgan fingerprint density at radius 2 is 1.92 bits per heavy atom. The van der Waals surface area contributed by atoms with Crippen LogP contribution in [0.4, 0.5) is 10.5 Å². The molecule has 0 saturated carbocycles. The van der Waals surface area contributed by atoms with Crippen LogP contribution in [0.25, 0.3) is 11.1 Å². The molecule has 38 heavy (non-hydrogen) atoms. The molecule has 8 nitrogen and oxygen atoms in total. The van der Waals surface area contributed by atoms with E-state index in [2.05, 4.69) is 47.5 Å². The molecular weight excluding hydrogens is 546 g/mol. The number of halogens is 1. The number of carbonyl (C=O) groups excluding carboxylic acids is 2. The maximum atomic E-state index is 12.9. The number of ether oxygens (including phenoxy) is 1. The van der Waals surface area contributed by atoms with Gasteiger partial charge in [0.15, 0.2) is 0 Å². The van der Waals surface area contributed by atoms with Crippen LogP contribution in [-0.4, -0.2) is 51.6 Å². The molecule has 0 radical (unpaired) electrons. The van der Waals surface area contributed by atoms with Gasteiger partial charge in [-0.05, 0) is 94.6 Å². The van der Waals surface area contributed by atoms with Gasteiger partial charge in [-0.1, -0.05) is 22.0 Å². The quantitative estimate of drug-likeness (QED) is 0.374. The molecule has 1 fully saturated rings. The normalized spacial score (nSPS) is 16.1. The summed E-state index contributed by atoms with van der Waals surface area (Å²) in [5, 5.41) is 6.02. The molecule has 1 saturated heterocycles. The highest BCUT2D eigenvalue weighted by molar-refractivity contribution is 9.10. The summed E-state index contributed by atoms with van der Waals surface area (Å²) >= 11 is 3.40. The minimum absolute atomic E-state index is 0.0184. The van der Waals surface area contributed by atoms with Gasteiger partial charge in [-0.2, -0.15) is 0 Å². The van der Waals surface area contributed by atoms with Gasteiger partial charge in [-0.25, -0.2) is 4.79 Å². The Labute approximate surface area is 232 Å². The molecule has 1 aliphatic heterocycles. The number of rotatable bonds is 6. The predicted molar refractivity (Wildman–Crippen MR) is 152 cm³/mol. The molecule has 0 aliphatic carbocycles. The van der Waals surface area contributed by atoms with E-state index in [4.69, 9.17) is 4.74 Å². The van der Waals surface area contributed by atoms with Crippen molar-refractivity contribution in [2.45, 2.75) is 58.7 Å². The Morgan fingerprint density at radius 1 is 1.11 bits per heavy atom. The van der Waals surface area contributed by atoms with Gasteiger partial charge in [0.1, 0.15) is 11.3 Å². The molecule has 9 heteroatoms. The van der Waals surface area contributed by atoms with Gasteiger partial charge < -0.3 is 15.4 Å². The zero-order valence-corrected chi connectivity index (χ0v) is 23.8. The first-order valence-electron chi connectivity index (χ1n) is 12.8. The summed E-state index contributed by atoms with van der Waals surface area (Å²) in [7, 11) is 0. The highest BCUT2D eigenvalue weighted by Crippen LogP contribution is 2.27. The molecule has 0 bridgehead atoms. The van der Waals surface area contributed by atoms with Gasteiger partial charge >= 0.3 is 6.09 Å². The van der Waals surface area contributed by atoms with Crippen LogP contribution in [0, 0.1) is 6.92 Å². The van der Waals surface area contributed by atoms with Gasteiger partial charge in [0.2, 0.25) is 0 Å². The number of anilines is 1. The fraction of sp³-hybridized carbons (Fsp3) is 0.379. The number of amides is 2. The summed E-state index contributed by atoms with van der Waals surface area (Å²) in [5.41, 5.74) is 4.41. The topological polar surface area (TPSA) is 96.5 Å². The van der Waals surface area contributed by atoms with Crippen LogP contribution in [0.5, 0.6) is 0 Å². The molecule has 4 rings (SSSR count). The first-order chi connectivity index (χ1) is 18.0. The lowest BCUT2D eigenvalue weighted by atomic mass is 10.0. The highest BCUT2D eigenvalue weighted by Gasteiger charge is 2.24. The molecule has 1 aliphatic rings. The van der Waals surface area contributed by atoms with Gasteiger partial charge in [0, 0.05) is 52.9 Å². The lowest BCUT2D eigenvalue weighted by Gasteiger charge is -2.33. The number of piperidine rings is 1. The number of nitrogens with one attached hydrogen (secondary N) is 2. The number of carbonyl (C=O) groups is 2. The number of aryl methyl sites for hydroxylation is 1. The van der Waals surface area contributed by atoms with E-state index in [1.54, 1.807) is 18.3 Å². The van der Waals surface area contributed by atoms with E-state index in [1.807, 2.05) is 58.2 Å². The second-order valence-corrected chi connectivity index (χ2v) is 11.6. The molecule has 2 amide bonds. The zero-order valence-electron chi connectivity index (χ0n) is 22.3. The number of benzene rings is 1. The molecule has 1 unspecified atom stereocenters. The largest absolute Gasteiger partial charge is 0.444 e. The molecule has 1 atom stereocenters. The molecule has 0 spiro atoms. The van der Waals surface area contributed by atoms with Crippen LogP contribution < -0.4 is 10.6 Å². The third-order valence-electron chi connectivity index (χ3n) is 6.08. The van der Waals surface area contributed by atoms with Crippen LogP contribution >= 0.6 is 15.9 Å². The van der Waals surface area contributed by atoms with E-state index in [1.165, 1.54) is 0 Å². The van der Waals surface area contributed by atoms with Crippen LogP contribution in [-0.2, 0) is 11.3 Å². The standard InChI is InChI=1S/C29H34BrN5O3/c1-19-7-8-21(16-32-19)22-12-20(13-25(14-22)33-27(36)26-15-23(30)9-10-31-26)17-35-11-5-6-24(18-35)34-28(37)38-29(2,3)4/h7-10,12-16,24H,5-6,11,17-18H2,1-4H3,(H,33,36)(H,34,37). The third-order valence-corrected chi connectivity index (χ3v) is 6.58. The molecule has 200 valence electrons. The number of hydrogen-bond donors (Lipinski definition) is 2. The number of likely N-dealkylation sites (tertiary alicyclic amines) is 1. The zero-order chi connectivity index (χ0) is 27.3. The Kier molecular flexibility index (Phi) is 8.79. The van der Waals surface area contributed by atoms with Crippen LogP contribution in [0.2, 0.25) is 0 Å². The monoisotopic (exact) mass is 579 g/mol. The molecule has 2 aromatic heterocycles. The van der Waals surface area contributed by atoms with E-state index < -0.39 is 5.60 Å².